The summed E-state index contributed by atoms with van der Waals surface area (Å²) in [6, 6.07) is 2.60. The summed E-state index contributed by atoms with van der Waals surface area (Å²) in [5, 5.41) is 3.27. The summed E-state index contributed by atoms with van der Waals surface area (Å²) in [4.78, 5) is 17.8. The van der Waals surface area contributed by atoms with Crippen LogP contribution in [0.4, 0.5) is 15.0 Å². The van der Waals surface area contributed by atoms with Crippen molar-refractivity contribution in [2.45, 2.75) is 19.4 Å². The van der Waals surface area contributed by atoms with Gasteiger partial charge in [0.1, 0.15) is 17.7 Å². The number of carbonyl (C=O) groups excluding carboxylic acids is 1. The summed E-state index contributed by atoms with van der Waals surface area (Å²) in [7, 11) is 3.08. The zero-order valence-electron chi connectivity index (χ0n) is 18.4. The number of hydrogen-bond acceptors (Lipinski definition) is 6. The molecule has 2 amide bonds. The molecule has 0 spiro atoms. The van der Waals surface area contributed by atoms with Crippen LogP contribution in [0.1, 0.15) is 30.6 Å². The molecule has 174 valence electrons. The minimum Gasteiger partial charge on any atom is -0.496 e. The van der Waals surface area contributed by atoms with Gasteiger partial charge in [0, 0.05) is 31.9 Å². The molecule has 0 bridgehead atoms. The molecule has 1 aliphatic rings. The molecule has 0 fully saturated rings. The predicted molar refractivity (Wildman–Crippen MR) is 124 cm³/mol. The first-order valence-electron chi connectivity index (χ1n) is 10.4. The predicted octanol–water partition coefficient (Wildman–Crippen LogP) is 4.78. The Morgan fingerprint density at radius 2 is 2.21 bits per heavy atom. The van der Waals surface area contributed by atoms with Gasteiger partial charge < -0.3 is 29.8 Å². The number of carbonyl (C=O) groups is 1. The number of amides is 2. The summed E-state index contributed by atoms with van der Waals surface area (Å²) in [5.41, 5.74) is 8.77. The number of nitrogens with zero attached hydrogens (tertiary/aromatic N) is 2. The number of nitrogens with two attached hydrogens (primary N) is 1. The van der Waals surface area contributed by atoms with E-state index >= 15 is 0 Å². The highest BCUT2D eigenvalue weighted by atomic mass is 35.5. The van der Waals surface area contributed by atoms with Crippen LogP contribution >= 0.6 is 11.6 Å². The van der Waals surface area contributed by atoms with E-state index in [-0.39, 0.29) is 22.6 Å². The van der Waals surface area contributed by atoms with Crippen LogP contribution in [0.3, 0.4) is 0 Å². The molecule has 0 saturated heterocycles. The van der Waals surface area contributed by atoms with E-state index in [1.165, 1.54) is 19.2 Å². The third-order valence-electron chi connectivity index (χ3n) is 5.67. The van der Waals surface area contributed by atoms with Gasteiger partial charge in [-0.15, -0.1) is 0 Å². The van der Waals surface area contributed by atoms with Crippen molar-refractivity contribution in [2.24, 2.45) is 0 Å². The summed E-state index contributed by atoms with van der Waals surface area (Å²) < 4.78 is 31.4. The molecule has 1 unspecified atom stereocenters. The van der Waals surface area contributed by atoms with Gasteiger partial charge in [-0.25, -0.2) is 14.2 Å². The number of aromatic nitrogens is 1. The van der Waals surface area contributed by atoms with Crippen LogP contribution in [0.15, 0.2) is 35.1 Å². The van der Waals surface area contributed by atoms with Gasteiger partial charge in [-0.3, -0.25) is 0 Å². The van der Waals surface area contributed by atoms with Crippen molar-refractivity contribution >= 4 is 40.0 Å². The van der Waals surface area contributed by atoms with Crippen LogP contribution in [-0.4, -0.2) is 43.2 Å². The summed E-state index contributed by atoms with van der Waals surface area (Å²) >= 11 is 6.20. The van der Waals surface area contributed by atoms with Crippen LogP contribution in [0.5, 0.6) is 11.5 Å². The van der Waals surface area contributed by atoms with Crippen LogP contribution in [-0.2, 0) is 0 Å². The summed E-state index contributed by atoms with van der Waals surface area (Å²) in [6.07, 6.45) is 5.19. The first-order chi connectivity index (χ1) is 15.8. The van der Waals surface area contributed by atoms with Crippen molar-refractivity contribution in [3.63, 3.8) is 0 Å². The van der Waals surface area contributed by atoms with E-state index in [1.54, 1.807) is 31.3 Å². The number of fused-ring (bicyclic) bond motifs is 1. The molecule has 3 N–H and O–H groups in total. The first-order valence-corrected chi connectivity index (χ1v) is 10.7. The average Bonchev–Trinajstić information content (AvgIpc) is 3.26. The van der Waals surface area contributed by atoms with Crippen molar-refractivity contribution in [3.8, 4) is 11.5 Å². The van der Waals surface area contributed by atoms with Crippen LogP contribution in [0.2, 0.25) is 5.02 Å². The Labute approximate surface area is 195 Å². The number of benzene rings is 1. The highest BCUT2D eigenvalue weighted by Gasteiger charge is 2.25. The topological polar surface area (TPSA) is 103 Å². The van der Waals surface area contributed by atoms with Crippen LogP contribution < -0.4 is 20.5 Å². The fourth-order valence-electron chi connectivity index (χ4n) is 3.94. The van der Waals surface area contributed by atoms with Crippen LogP contribution in [0.25, 0.3) is 16.5 Å². The number of urea groups is 1. The number of pyridine rings is 1. The lowest BCUT2D eigenvalue weighted by atomic mass is 9.99. The lowest BCUT2D eigenvalue weighted by molar-refractivity contribution is 0.205. The fraction of sp³-hybridized carbons (Fsp3) is 0.304. The van der Waals surface area contributed by atoms with Gasteiger partial charge in [-0.2, -0.15) is 0 Å². The zero-order chi connectivity index (χ0) is 23.7. The Balaban J connectivity index is 1.68. The molecule has 1 aliphatic heterocycles. The Morgan fingerprint density at radius 1 is 1.42 bits per heavy atom. The van der Waals surface area contributed by atoms with Gasteiger partial charge in [-0.1, -0.05) is 17.7 Å². The maximum atomic E-state index is 14.1. The van der Waals surface area contributed by atoms with Crippen molar-refractivity contribution in [1.29, 1.82) is 0 Å². The largest absolute Gasteiger partial charge is 0.496 e. The molecule has 8 nitrogen and oxygen atoms in total. The summed E-state index contributed by atoms with van der Waals surface area (Å²) in [5.74, 6) is 0.172. The lowest BCUT2D eigenvalue weighted by Gasteiger charge is -2.25. The van der Waals surface area contributed by atoms with Gasteiger partial charge in [0.05, 0.1) is 29.3 Å². The Bertz CT molecular complexity index is 1240. The number of hydrogen-bond donors (Lipinski definition) is 2. The van der Waals surface area contributed by atoms with Crippen molar-refractivity contribution < 1.29 is 23.1 Å². The number of rotatable bonds is 5. The number of methoxy groups -OCH3 is 1. The van der Waals surface area contributed by atoms with Crippen molar-refractivity contribution in [1.82, 2.24) is 15.2 Å². The molecular formula is C23H24ClFN4O4. The second-order valence-corrected chi connectivity index (χ2v) is 7.96. The molecule has 0 aliphatic carbocycles. The summed E-state index contributed by atoms with van der Waals surface area (Å²) in [6.45, 7) is 2.78. The molecule has 1 aromatic carbocycles. The van der Waals surface area contributed by atoms with Gasteiger partial charge in [0.2, 0.25) is 5.75 Å². The minimum atomic E-state index is -0.707. The highest BCUT2D eigenvalue weighted by Crippen LogP contribution is 2.41. The molecule has 10 heteroatoms. The Kier molecular flexibility index (Phi) is 6.33. The maximum absolute atomic E-state index is 14.1. The zero-order valence-corrected chi connectivity index (χ0v) is 19.2. The normalized spacial score (nSPS) is 14.7. The molecule has 3 heterocycles. The monoisotopic (exact) mass is 474 g/mol. The molecule has 1 atom stereocenters. The molecule has 3 aromatic rings. The third kappa shape index (κ3) is 4.16. The van der Waals surface area contributed by atoms with Crippen molar-refractivity contribution in [3.05, 3.63) is 52.6 Å². The third-order valence-corrected chi connectivity index (χ3v) is 6.06. The number of furan rings is 1. The quantitative estimate of drug-likeness (QED) is 0.551. The molecule has 0 saturated carbocycles. The van der Waals surface area contributed by atoms with E-state index in [0.29, 0.717) is 36.4 Å². The molecular weight excluding hydrogens is 451 g/mol. The highest BCUT2D eigenvalue weighted by molar-refractivity contribution is 6.31. The van der Waals surface area contributed by atoms with E-state index in [4.69, 9.17) is 31.2 Å². The Hall–Kier alpha value is -3.46. The van der Waals surface area contributed by atoms with Crippen molar-refractivity contribution in [2.75, 3.05) is 33.0 Å². The van der Waals surface area contributed by atoms with E-state index in [1.807, 2.05) is 6.08 Å². The van der Waals surface area contributed by atoms with E-state index < -0.39 is 11.9 Å². The van der Waals surface area contributed by atoms with Gasteiger partial charge in [0.25, 0.3) is 0 Å². The van der Waals surface area contributed by atoms with E-state index in [0.717, 1.165) is 16.5 Å². The smallest absolute Gasteiger partial charge is 0.317 e. The molecule has 4 rings (SSSR count). The number of nitrogen functional groups attached to an aromatic ring is 1. The van der Waals surface area contributed by atoms with Gasteiger partial charge >= 0.3 is 6.03 Å². The second kappa shape index (κ2) is 9.19. The van der Waals surface area contributed by atoms with Gasteiger partial charge in [0.15, 0.2) is 11.4 Å². The number of ether oxygens (including phenoxy) is 2. The van der Waals surface area contributed by atoms with Gasteiger partial charge in [-0.05, 0) is 31.1 Å². The first kappa shape index (κ1) is 22.7. The number of halogens is 2. The average molecular weight is 475 g/mol. The lowest BCUT2D eigenvalue weighted by Crippen LogP contribution is -2.40. The number of nitrogens with one attached hydrogen (secondary N) is 1. The Morgan fingerprint density at radius 3 is 2.88 bits per heavy atom. The molecule has 0 radical (unpaired) electrons. The standard InChI is InChI=1S/C23H24ClFN4O4/c1-12(18-17(31-3)5-4-16(25)19(18)24)33-21-20-14(10-28-22(21)26)15(11-32-20)13-6-8-29(9-7-13)23(30)27-2/h4-6,10-12H,7-9H2,1-3H3,(H2,26,28)(H,27,30). The van der Waals surface area contributed by atoms with Crippen LogP contribution in [0, 0.1) is 5.82 Å². The number of anilines is 1. The maximum Gasteiger partial charge on any atom is 0.317 e. The SMILES string of the molecule is CNC(=O)N1CC=C(c2coc3c(OC(C)c4c(OC)ccc(F)c4Cl)c(N)ncc23)CC1. The minimum absolute atomic E-state index is 0.0891. The van der Waals surface area contributed by atoms with E-state index in [9.17, 15) is 9.18 Å². The van der Waals surface area contributed by atoms with E-state index in [2.05, 4.69) is 10.3 Å². The molecule has 2 aromatic heterocycles. The fourth-order valence-corrected chi connectivity index (χ4v) is 4.25. The molecule has 33 heavy (non-hydrogen) atoms. The second-order valence-electron chi connectivity index (χ2n) is 7.58.